The third-order valence-electron chi connectivity index (χ3n) is 2.18. The maximum absolute atomic E-state index is 10.7. The molecule has 72 valence electrons. The normalized spacial score (nSPS) is 9.80. The average Bonchev–Trinajstić information content (AvgIpc) is 2.27. The van der Waals surface area contributed by atoms with E-state index in [1.165, 1.54) is 6.07 Å². The van der Waals surface area contributed by atoms with Gasteiger partial charge in [-0.25, -0.2) is 0 Å². The molecule has 5 nitrogen and oxygen atoms in total. The molecule has 0 atom stereocenters. The third kappa shape index (κ3) is 1.38. The van der Waals surface area contributed by atoms with Gasteiger partial charge in [0.1, 0.15) is 0 Å². The zero-order valence-electron chi connectivity index (χ0n) is 7.62. The highest BCUT2D eigenvalue weighted by atomic mass is 16.6. The van der Waals surface area contributed by atoms with Crippen LogP contribution in [0.3, 0.4) is 0 Å². The summed E-state index contributed by atoms with van der Waals surface area (Å²) in [7, 11) is 0. The number of hydrogen-bond donors (Lipinski definition) is 0. The standard InChI is InChI=1S/C10H6N3O2/c11-12-10-8-4-2-1-3-7(8)5-6-9(10)13(14)15/h1-6H/q+1. The van der Waals surface area contributed by atoms with E-state index >= 15 is 0 Å². The van der Waals surface area contributed by atoms with Crippen LogP contribution in [0.5, 0.6) is 0 Å². The van der Waals surface area contributed by atoms with Crippen LogP contribution in [-0.4, -0.2) is 4.92 Å². The molecule has 0 N–H and O–H groups in total. The Morgan fingerprint density at radius 1 is 1.20 bits per heavy atom. The second-order valence-corrected chi connectivity index (χ2v) is 3.01. The largest absolute Gasteiger partial charge is 0.468 e. The lowest BCUT2D eigenvalue weighted by atomic mass is 10.1. The fraction of sp³-hybridized carbons (Fsp3) is 0. The molecule has 0 heterocycles. The van der Waals surface area contributed by atoms with Crippen molar-refractivity contribution in [2.45, 2.75) is 0 Å². The molecule has 0 unspecified atom stereocenters. The number of benzene rings is 2. The summed E-state index contributed by atoms with van der Waals surface area (Å²) in [5, 5.41) is 20.8. The highest BCUT2D eigenvalue weighted by Crippen LogP contribution is 2.35. The molecule has 0 aliphatic rings. The van der Waals surface area contributed by atoms with Crippen LogP contribution in [0.25, 0.3) is 15.7 Å². The molecule has 0 aliphatic heterocycles. The van der Waals surface area contributed by atoms with E-state index in [0.29, 0.717) is 5.39 Å². The smallest absolute Gasteiger partial charge is 0.258 e. The Morgan fingerprint density at radius 3 is 2.60 bits per heavy atom. The number of nitro groups is 1. The van der Waals surface area contributed by atoms with E-state index in [1.54, 1.807) is 24.3 Å². The summed E-state index contributed by atoms with van der Waals surface area (Å²) < 4.78 is 0. The van der Waals surface area contributed by atoms with E-state index in [4.69, 9.17) is 5.39 Å². The molecule has 0 bridgehead atoms. The van der Waals surface area contributed by atoms with Crippen molar-refractivity contribution in [1.29, 1.82) is 5.39 Å². The van der Waals surface area contributed by atoms with E-state index in [0.717, 1.165) is 5.39 Å². The van der Waals surface area contributed by atoms with Gasteiger partial charge >= 0.3 is 11.4 Å². The Balaban J connectivity index is 2.89. The molecule has 0 amide bonds. The fourth-order valence-electron chi connectivity index (χ4n) is 1.50. The van der Waals surface area contributed by atoms with Gasteiger partial charge in [-0.2, -0.15) is 0 Å². The van der Waals surface area contributed by atoms with Gasteiger partial charge in [0.2, 0.25) is 5.39 Å². The molecule has 0 spiro atoms. The molecule has 0 aromatic heterocycles. The first-order valence-electron chi connectivity index (χ1n) is 4.25. The van der Waals surface area contributed by atoms with E-state index in [9.17, 15) is 10.1 Å². The highest BCUT2D eigenvalue weighted by Gasteiger charge is 2.27. The Labute approximate surface area is 84.7 Å². The number of nitro benzene ring substituents is 1. The number of hydrogen-bond acceptors (Lipinski definition) is 3. The van der Waals surface area contributed by atoms with Crippen molar-refractivity contribution >= 4 is 22.1 Å². The Morgan fingerprint density at radius 2 is 1.93 bits per heavy atom. The van der Waals surface area contributed by atoms with Gasteiger partial charge < -0.3 is 0 Å². The molecule has 15 heavy (non-hydrogen) atoms. The SMILES string of the molecule is N#[N+]c1c([N+](=O)[O-])ccc2ccccc12. The second-order valence-electron chi connectivity index (χ2n) is 3.01. The summed E-state index contributed by atoms with van der Waals surface area (Å²) in [6, 6.07) is 9.99. The van der Waals surface area contributed by atoms with Gasteiger partial charge in [-0.15, -0.1) is 0 Å². The van der Waals surface area contributed by atoms with Crippen LogP contribution in [0, 0.1) is 15.5 Å². The predicted molar refractivity (Wildman–Crippen MR) is 55.3 cm³/mol. The van der Waals surface area contributed by atoms with Gasteiger partial charge in [-0.05, 0) is 17.5 Å². The summed E-state index contributed by atoms with van der Waals surface area (Å²) in [5.41, 5.74) is -0.200. The van der Waals surface area contributed by atoms with Gasteiger partial charge in [0.05, 0.1) is 10.3 Å². The van der Waals surface area contributed by atoms with Crippen molar-refractivity contribution < 1.29 is 4.92 Å². The quantitative estimate of drug-likeness (QED) is 0.403. The first-order valence-corrected chi connectivity index (χ1v) is 4.25. The highest BCUT2D eigenvalue weighted by molar-refractivity contribution is 5.98. The van der Waals surface area contributed by atoms with Crippen LogP contribution in [-0.2, 0) is 0 Å². The van der Waals surface area contributed by atoms with Gasteiger partial charge in [0, 0.05) is 6.07 Å². The number of nitrogens with zero attached hydrogens (tertiary/aromatic N) is 3. The molecule has 0 radical (unpaired) electrons. The molecule has 2 aromatic rings. The molecular formula is C10H6N3O2+. The molecule has 0 saturated carbocycles. The summed E-state index contributed by atoms with van der Waals surface area (Å²) in [5.74, 6) is 0. The van der Waals surface area contributed by atoms with E-state index in [-0.39, 0.29) is 11.4 Å². The minimum Gasteiger partial charge on any atom is -0.258 e. The van der Waals surface area contributed by atoms with Crippen molar-refractivity contribution in [2.24, 2.45) is 0 Å². The van der Waals surface area contributed by atoms with Crippen LogP contribution in [0.2, 0.25) is 0 Å². The summed E-state index contributed by atoms with van der Waals surface area (Å²) >= 11 is 0. The minimum absolute atomic E-state index is 0.00176. The van der Waals surface area contributed by atoms with Crippen molar-refractivity contribution in [1.82, 2.24) is 0 Å². The molecule has 0 fully saturated rings. The zero-order valence-corrected chi connectivity index (χ0v) is 7.62. The Kier molecular flexibility index (Phi) is 2.03. The number of rotatable bonds is 1. The lowest BCUT2D eigenvalue weighted by Gasteiger charge is -1.93. The van der Waals surface area contributed by atoms with Crippen molar-refractivity contribution in [3.8, 4) is 0 Å². The van der Waals surface area contributed by atoms with Crippen molar-refractivity contribution in [3.63, 3.8) is 0 Å². The molecule has 2 aromatic carbocycles. The average molecular weight is 200 g/mol. The van der Waals surface area contributed by atoms with Gasteiger partial charge in [-0.1, -0.05) is 18.2 Å². The van der Waals surface area contributed by atoms with Crippen LogP contribution >= 0.6 is 0 Å². The first kappa shape index (κ1) is 9.09. The Hall–Kier alpha value is -2.48. The monoisotopic (exact) mass is 200 g/mol. The molecular weight excluding hydrogens is 194 g/mol. The molecule has 5 heteroatoms. The van der Waals surface area contributed by atoms with Crippen LogP contribution in [0.1, 0.15) is 0 Å². The van der Waals surface area contributed by atoms with E-state index in [1.807, 2.05) is 6.07 Å². The summed E-state index contributed by atoms with van der Waals surface area (Å²) in [6.07, 6.45) is 0. The molecule has 2 rings (SSSR count). The first-order chi connectivity index (χ1) is 7.24. The number of fused-ring (bicyclic) bond motifs is 1. The summed E-state index contributed by atoms with van der Waals surface area (Å²) in [4.78, 5) is 13.1. The third-order valence-corrected chi connectivity index (χ3v) is 2.18. The Bertz CT molecular complexity index is 587. The summed E-state index contributed by atoms with van der Waals surface area (Å²) in [6.45, 7) is 0. The lowest BCUT2D eigenvalue weighted by Crippen LogP contribution is -1.88. The fourth-order valence-corrected chi connectivity index (χ4v) is 1.50. The van der Waals surface area contributed by atoms with Crippen molar-refractivity contribution in [3.05, 3.63) is 51.5 Å². The van der Waals surface area contributed by atoms with Crippen LogP contribution in [0.15, 0.2) is 36.4 Å². The van der Waals surface area contributed by atoms with E-state index in [2.05, 4.69) is 4.98 Å². The maximum atomic E-state index is 10.7. The maximum Gasteiger partial charge on any atom is 0.468 e. The van der Waals surface area contributed by atoms with Gasteiger partial charge in [-0.3, -0.25) is 10.1 Å². The topological polar surface area (TPSA) is 71.3 Å². The predicted octanol–water partition coefficient (Wildman–Crippen LogP) is 3.23. The van der Waals surface area contributed by atoms with Crippen LogP contribution < -0.4 is 0 Å². The van der Waals surface area contributed by atoms with Crippen LogP contribution in [0.4, 0.5) is 11.4 Å². The van der Waals surface area contributed by atoms with E-state index < -0.39 is 4.92 Å². The number of diazo groups is 1. The second kappa shape index (κ2) is 3.35. The molecule has 0 aliphatic carbocycles. The minimum atomic E-state index is -0.568. The molecule has 0 saturated heterocycles. The lowest BCUT2D eigenvalue weighted by molar-refractivity contribution is -0.383. The van der Waals surface area contributed by atoms with Gasteiger partial charge in [0.15, 0.2) is 4.98 Å². The van der Waals surface area contributed by atoms with Crippen molar-refractivity contribution in [2.75, 3.05) is 0 Å². The zero-order chi connectivity index (χ0) is 10.8. The van der Waals surface area contributed by atoms with Gasteiger partial charge in [0.25, 0.3) is 0 Å².